The number of nitrogens with zero attached hydrogens (tertiary/aromatic N) is 2. The van der Waals surface area contributed by atoms with Crippen LogP contribution in [-0.4, -0.2) is 26.5 Å². The van der Waals surface area contributed by atoms with Crippen molar-refractivity contribution in [3.8, 4) is 11.5 Å². The normalized spacial score (nSPS) is 15.0. The lowest BCUT2D eigenvalue weighted by molar-refractivity contribution is 0.499. The SMILES string of the molecule is O=S(=O)(c1ccc(Br)cc1)c1nc(-c2ccc(F)cc2)oc1N1CCCCC1. The van der Waals surface area contributed by atoms with Gasteiger partial charge in [-0.2, -0.15) is 4.98 Å². The van der Waals surface area contributed by atoms with Crippen LogP contribution in [0.5, 0.6) is 0 Å². The van der Waals surface area contributed by atoms with Crippen molar-refractivity contribution in [1.29, 1.82) is 0 Å². The highest BCUT2D eigenvalue weighted by Crippen LogP contribution is 2.36. The number of anilines is 1. The van der Waals surface area contributed by atoms with Crippen LogP contribution in [0.3, 0.4) is 0 Å². The summed E-state index contributed by atoms with van der Waals surface area (Å²) in [6, 6.07) is 12.1. The molecule has 8 heteroatoms. The van der Waals surface area contributed by atoms with E-state index in [1.807, 2.05) is 4.90 Å². The molecular weight excluding hydrogens is 447 g/mol. The standard InChI is InChI=1S/C20H18BrFN2O3S/c21-15-6-10-17(11-7-15)28(25,26)19-20(24-12-2-1-3-13-24)27-18(23-19)14-4-8-16(22)9-5-14/h4-11H,1-3,12-13H2. The monoisotopic (exact) mass is 464 g/mol. The molecule has 2 aromatic carbocycles. The van der Waals surface area contributed by atoms with Gasteiger partial charge in [-0.05, 0) is 67.8 Å². The van der Waals surface area contributed by atoms with Crippen LogP contribution in [-0.2, 0) is 9.84 Å². The van der Waals surface area contributed by atoms with Crippen LogP contribution < -0.4 is 4.90 Å². The van der Waals surface area contributed by atoms with Gasteiger partial charge in [0, 0.05) is 23.1 Å². The van der Waals surface area contributed by atoms with Gasteiger partial charge in [-0.3, -0.25) is 0 Å². The van der Waals surface area contributed by atoms with E-state index in [9.17, 15) is 12.8 Å². The van der Waals surface area contributed by atoms with Crippen molar-refractivity contribution >= 4 is 31.7 Å². The van der Waals surface area contributed by atoms with E-state index in [0.717, 1.165) is 23.7 Å². The van der Waals surface area contributed by atoms with Crippen molar-refractivity contribution in [2.24, 2.45) is 0 Å². The van der Waals surface area contributed by atoms with Gasteiger partial charge in [0.25, 0.3) is 0 Å². The zero-order valence-electron chi connectivity index (χ0n) is 14.9. The van der Waals surface area contributed by atoms with Crippen LogP contribution in [0.1, 0.15) is 19.3 Å². The molecule has 3 aromatic rings. The topological polar surface area (TPSA) is 63.4 Å². The first-order valence-corrected chi connectivity index (χ1v) is 11.2. The molecule has 0 atom stereocenters. The number of benzene rings is 2. The van der Waals surface area contributed by atoms with Gasteiger partial charge in [0.1, 0.15) is 5.82 Å². The Balaban J connectivity index is 1.84. The molecule has 0 unspecified atom stereocenters. The van der Waals surface area contributed by atoms with E-state index in [-0.39, 0.29) is 27.5 Å². The van der Waals surface area contributed by atoms with Crippen molar-refractivity contribution in [1.82, 2.24) is 4.98 Å². The molecule has 0 bridgehead atoms. The summed E-state index contributed by atoms with van der Waals surface area (Å²) < 4.78 is 46.5. The summed E-state index contributed by atoms with van der Waals surface area (Å²) in [5.41, 5.74) is 0.525. The second kappa shape index (κ2) is 7.67. The van der Waals surface area contributed by atoms with E-state index >= 15 is 0 Å². The Morgan fingerprint density at radius 1 is 0.964 bits per heavy atom. The summed E-state index contributed by atoms with van der Waals surface area (Å²) in [5.74, 6) is 0.0347. The predicted molar refractivity (Wildman–Crippen MR) is 108 cm³/mol. The third-order valence-electron chi connectivity index (χ3n) is 4.69. The van der Waals surface area contributed by atoms with Crippen LogP contribution in [0.25, 0.3) is 11.5 Å². The smallest absolute Gasteiger partial charge is 0.236 e. The first kappa shape index (κ1) is 19.1. The second-order valence-electron chi connectivity index (χ2n) is 6.64. The lowest BCUT2D eigenvalue weighted by Gasteiger charge is -2.26. The van der Waals surface area contributed by atoms with Gasteiger partial charge in [-0.25, -0.2) is 12.8 Å². The van der Waals surface area contributed by atoms with E-state index in [2.05, 4.69) is 20.9 Å². The summed E-state index contributed by atoms with van der Waals surface area (Å²) in [7, 11) is -3.87. The maximum atomic E-state index is 13.3. The van der Waals surface area contributed by atoms with Crippen molar-refractivity contribution < 1.29 is 17.2 Å². The van der Waals surface area contributed by atoms with Crippen molar-refractivity contribution in [3.63, 3.8) is 0 Å². The number of hydrogen-bond acceptors (Lipinski definition) is 5. The number of oxazole rings is 1. The summed E-state index contributed by atoms with van der Waals surface area (Å²) in [6.45, 7) is 1.42. The minimum atomic E-state index is -3.87. The fourth-order valence-electron chi connectivity index (χ4n) is 3.21. The molecule has 1 aromatic heterocycles. The highest BCUT2D eigenvalue weighted by atomic mass is 79.9. The third kappa shape index (κ3) is 3.71. The molecule has 0 amide bonds. The van der Waals surface area contributed by atoms with Crippen LogP contribution in [0, 0.1) is 5.82 Å². The Hall–Kier alpha value is -2.19. The van der Waals surface area contributed by atoms with Gasteiger partial charge in [0.05, 0.1) is 4.90 Å². The van der Waals surface area contributed by atoms with E-state index in [0.29, 0.717) is 18.7 Å². The molecule has 1 aliphatic rings. The van der Waals surface area contributed by atoms with Gasteiger partial charge >= 0.3 is 0 Å². The molecule has 4 rings (SSSR count). The average Bonchev–Trinajstić information content (AvgIpc) is 3.16. The quantitative estimate of drug-likeness (QED) is 0.539. The molecule has 0 N–H and O–H groups in total. The molecule has 0 aliphatic carbocycles. The number of sulfone groups is 1. The largest absolute Gasteiger partial charge is 0.419 e. The molecule has 5 nitrogen and oxygen atoms in total. The zero-order valence-corrected chi connectivity index (χ0v) is 17.3. The molecule has 28 heavy (non-hydrogen) atoms. The first-order valence-electron chi connectivity index (χ1n) is 8.97. The number of hydrogen-bond donors (Lipinski definition) is 0. The molecule has 1 aliphatic heterocycles. The minimum Gasteiger partial charge on any atom is -0.419 e. The molecule has 0 saturated carbocycles. The number of aromatic nitrogens is 1. The van der Waals surface area contributed by atoms with E-state index in [1.54, 1.807) is 12.1 Å². The molecule has 0 spiro atoms. The second-order valence-corrected chi connectivity index (χ2v) is 9.42. The van der Waals surface area contributed by atoms with Crippen LogP contribution in [0.2, 0.25) is 0 Å². The summed E-state index contributed by atoms with van der Waals surface area (Å²) >= 11 is 3.32. The Morgan fingerprint density at radius 3 is 2.25 bits per heavy atom. The van der Waals surface area contributed by atoms with E-state index in [1.165, 1.54) is 36.4 Å². The number of rotatable bonds is 4. The molecule has 0 radical (unpaired) electrons. The fraction of sp³-hybridized carbons (Fsp3) is 0.250. The minimum absolute atomic E-state index is 0.101. The highest BCUT2D eigenvalue weighted by Gasteiger charge is 2.32. The predicted octanol–water partition coefficient (Wildman–Crippen LogP) is 5.07. The third-order valence-corrected chi connectivity index (χ3v) is 6.89. The fourth-order valence-corrected chi connectivity index (χ4v) is 4.80. The highest BCUT2D eigenvalue weighted by molar-refractivity contribution is 9.10. The molecule has 146 valence electrons. The Morgan fingerprint density at radius 2 is 1.61 bits per heavy atom. The van der Waals surface area contributed by atoms with Crippen molar-refractivity contribution in [2.45, 2.75) is 29.2 Å². The van der Waals surface area contributed by atoms with Crippen LogP contribution in [0.15, 0.2) is 67.3 Å². The summed E-state index contributed by atoms with van der Waals surface area (Å²) in [6.07, 6.45) is 3.03. The van der Waals surface area contributed by atoms with Crippen LogP contribution in [0.4, 0.5) is 10.3 Å². The van der Waals surface area contributed by atoms with Gasteiger partial charge in [-0.1, -0.05) is 15.9 Å². The first-order chi connectivity index (χ1) is 13.4. The zero-order chi connectivity index (χ0) is 19.7. The number of piperidine rings is 1. The van der Waals surface area contributed by atoms with Gasteiger partial charge in [-0.15, -0.1) is 0 Å². The van der Waals surface area contributed by atoms with Crippen LogP contribution >= 0.6 is 15.9 Å². The number of halogens is 2. The molecule has 1 saturated heterocycles. The summed E-state index contributed by atoms with van der Waals surface area (Å²) in [5, 5.41) is -0.101. The lowest BCUT2D eigenvalue weighted by Crippen LogP contribution is -2.30. The Kier molecular flexibility index (Phi) is 5.25. The van der Waals surface area contributed by atoms with Crippen molar-refractivity contribution in [2.75, 3.05) is 18.0 Å². The van der Waals surface area contributed by atoms with Gasteiger partial charge in [0.15, 0.2) is 0 Å². The van der Waals surface area contributed by atoms with Gasteiger partial charge < -0.3 is 9.32 Å². The van der Waals surface area contributed by atoms with E-state index in [4.69, 9.17) is 4.42 Å². The maximum absolute atomic E-state index is 13.3. The van der Waals surface area contributed by atoms with Crippen molar-refractivity contribution in [3.05, 3.63) is 58.8 Å². The van der Waals surface area contributed by atoms with Gasteiger partial charge in [0.2, 0.25) is 26.6 Å². The Bertz CT molecular complexity index is 1070. The molecular formula is C20H18BrFN2O3S. The maximum Gasteiger partial charge on any atom is 0.236 e. The lowest BCUT2D eigenvalue weighted by atomic mass is 10.1. The molecule has 1 fully saturated rings. The Labute approximate surface area is 171 Å². The summed E-state index contributed by atoms with van der Waals surface area (Å²) in [4.78, 5) is 6.40. The average molecular weight is 465 g/mol. The van der Waals surface area contributed by atoms with E-state index < -0.39 is 9.84 Å². The molecule has 2 heterocycles.